The van der Waals surface area contributed by atoms with Gasteiger partial charge in [-0.15, -0.1) is 0 Å². The number of hydrogen-bond donors (Lipinski definition) is 4. The molecule has 0 aliphatic rings. The lowest BCUT2D eigenvalue weighted by atomic mass is 10.0. The Morgan fingerprint density at radius 2 is 1.70 bits per heavy atom. The number of hydrogen-bond acceptors (Lipinski definition) is 6. The number of aliphatic hydroxyl groups is 1. The predicted octanol–water partition coefficient (Wildman–Crippen LogP) is 3.94. The molecule has 3 aromatic carbocycles. The number of rotatable bonds is 16. The topological polar surface area (TPSA) is 125 Å². The zero-order chi connectivity index (χ0) is 29.1. The Labute approximate surface area is 239 Å². The summed E-state index contributed by atoms with van der Waals surface area (Å²) in [4.78, 5) is 13.1. The van der Waals surface area contributed by atoms with E-state index in [1.165, 1.54) is 21.8 Å². The van der Waals surface area contributed by atoms with Crippen LogP contribution in [0, 0.1) is 5.92 Å². The van der Waals surface area contributed by atoms with Crippen LogP contribution in [0.4, 0.5) is 5.69 Å². The number of aliphatic hydroxyl groups excluding tert-OH is 1. The number of amides is 1. The lowest BCUT2D eigenvalue weighted by Crippen LogP contribution is -2.46. The number of nitrogens with one attached hydrogen (secondary N) is 2. The fourth-order valence-electron chi connectivity index (χ4n) is 4.85. The smallest absolute Gasteiger partial charge is 0.243 e. The van der Waals surface area contributed by atoms with Crippen molar-refractivity contribution in [3.8, 4) is 0 Å². The SMILES string of the molecule is CCNC(Cc1ccc2ccccc2c1)C(=O)NCCCCC(CO)N(CC(C)C)S(=O)(=O)c1ccc(N)cc1. The van der Waals surface area contributed by atoms with Gasteiger partial charge in [-0.25, -0.2) is 8.42 Å². The van der Waals surface area contributed by atoms with E-state index in [2.05, 4.69) is 41.0 Å². The lowest BCUT2D eigenvalue weighted by molar-refractivity contribution is -0.123. The van der Waals surface area contributed by atoms with E-state index in [1.54, 1.807) is 12.1 Å². The van der Waals surface area contributed by atoms with E-state index >= 15 is 0 Å². The first-order chi connectivity index (χ1) is 19.1. The van der Waals surface area contributed by atoms with Crippen molar-refractivity contribution >= 4 is 32.4 Å². The minimum absolute atomic E-state index is 0.0546. The van der Waals surface area contributed by atoms with Crippen molar-refractivity contribution in [2.24, 2.45) is 5.92 Å². The highest BCUT2D eigenvalue weighted by Crippen LogP contribution is 2.23. The molecule has 5 N–H and O–H groups in total. The molecule has 3 rings (SSSR count). The fourth-order valence-corrected chi connectivity index (χ4v) is 6.66. The number of unbranched alkanes of at least 4 members (excludes halogenated alkanes) is 1. The Morgan fingerprint density at radius 3 is 2.35 bits per heavy atom. The third kappa shape index (κ3) is 8.76. The summed E-state index contributed by atoms with van der Waals surface area (Å²) in [6, 6.07) is 19.7. The Bertz CT molecular complexity index is 1330. The van der Waals surface area contributed by atoms with Gasteiger partial charge in [-0.05, 0) is 72.3 Å². The first-order valence-electron chi connectivity index (χ1n) is 14.1. The van der Waals surface area contributed by atoms with E-state index in [9.17, 15) is 18.3 Å². The first-order valence-corrected chi connectivity index (χ1v) is 15.6. The van der Waals surface area contributed by atoms with E-state index in [0.29, 0.717) is 51.0 Å². The number of nitrogens with two attached hydrogens (primary N) is 1. The first kappa shape index (κ1) is 31.5. The molecule has 8 nitrogen and oxygen atoms in total. The van der Waals surface area contributed by atoms with Crippen LogP contribution in [0.15, 0.2) is 71.6 Å². The van der Waals surface area contributed by atoms with Crippen molar-refractivity contribution in [3.63, 3.8) is 0 Å². The van der Waals surface area contributed by atoms with Crippen LogP contribution in [0.2, 0.25) is 0 Å². The molecular weight excluding hydrogens is 524 g/mol. The largest absolute Gasteiger partial charge is 0.399 e. The Balaban J connectivity index is 1.55. The summed E-state index contributed by atoms with van der Waals surface area (Å²) in [7, 11) is -3.80. The van der Waals surface area contributed by atoms with Gasteiger partial charge in [0.25, 0.3) is 0 Å². The number of anilines is 1. The number of sulfonamides is 1. The maximum atomic E-state index is 13.4. The van der Waals surface area contributed by atoms with Gasteiger partial charge in [0.1, 0.15) is 0 Å². The van der Waals surface area contributed by atoms with Gasteiger partial charge in [0.2, 0.25) is 15.9 Å². The number of carbonyl (C=O) groups excluding carboxylic acids is 1. The predicted molar refractivity (Wildman–Crippen MR) is 162 cm³/mol. The molecular formula is C31H44N4O4S. The molecule has 0 aliphatic carbocycles. The van der Waals surface area contributed by atoms with Gasteiger partial charge < -0.3 is 21.5 Å². The standard InChI is InChI=1S/C31H44N4O4S/c1-4-33-30(20-24-12-13-25-9-5-6-10-26(25)19-24)31(37)34-18-8-7-11-28(22-36)35(21-23(2)3)40(38,39)29-16-14-27(32)15-17-29/h5-6,9-10,12-17,19,23,28,30,33,36H,4,7-8,11,18,20-22,32H2,1-3H3,(H,34,37). The zero-order valence-corrected chi connectivity index (χ0v) is 24.7. The summed E-state index contributed by atoms with van der Waals surface area (Å²) >= 11 is 0. The second-order valence-electron chi connectivity index (χ2n) is 10.7. The van der Waals surface area contributed by atoms with E-state index in [1.807, 2.05) is 32.9 Å². The second kappa shape index (κ2) is 15.1. The minimum Gasteiger partial charge on any atom is -0.399 e. The highest BCUT2D eigenvalue weighted by molar-refractivity contribution is 7.89. The summed E-state index contributed by atoms with van der Waals surface area (Å²) in [5.74, 6) is 0.0311. The summed E-state index contributed by atoms with van der Waals surface area (Å²) < 4.78 is 28.3. The lowest BCUT2D eigenvalue weighted by Gasteiger charge is -2.31. The molecule has 1 amide bonds. The van der Waals surface area contributed by atoms with Crippen molar-refractivity contribution in [2.75, 3.05) is 32.0 Å². The molecule has 2 unspecified atom stereocenters. The summed E-state index contributed by atoms with van der Waals surface area (Å²) in [5, 5.41) is 18.8. The molecule has 0 saturated carbocycles. The molecule has 0 aliphatic heterocycles. The third-order valence-electron chi connectivity index (χ3n) is 6.93. The number of nitrogen functional groups attached to an aromatic ring is 1. The number of carbonyl (C=O) groups is 1. The average molecular weight is 569 g/mol. The van der Waals surface area contributed by atoms with Crippen LogP contribution < -0.4 is 16.4 Å². The van der Waals surface area contributed by atoms with E-state index < -0.39 is 16.1 Å². The number of likely N-dealkylation sites (N-methyl/N-ethyl adjacent to an activating group) is 1. The average Bonchev–Trinajstić information content (AvgIpc) is 2.93. The molecule has 3 aromatic rings. The van der Waals surface area contributed by atoms with Gasteiger partial charge >= 0.3 is 0 Å². The number of benzene rings is 3. The van der Waals surface area contributed by atoms with Gasteiger partial charge in [-0.1, -0.05) is 69.7 Å². The van der Waals surface area contributed by atoms with Crippen LogP contribution in [0.3, 0.4) is 0 Å². The molecule has 0 radical (unpaired) electrons. The molecule has 9 heteroatoms. The summed E-state index contributed by atoms with van der Waals surface area (Å²) in [6.45, 7) is 7.07. The molecule has 40 heavy (non-hydrogen) atoms. The quantitative estimate of drug-likeness (QED) is 0.153. The second-order valence-corrected chi connectivity index (χ2v) is 12.5. The molecule has 0 fully saturated rings. The maximum absolute atomic E-state index is 13.4. The van der Waals surface area contributed by atoms with Crippen LogP contribution in [0.25, 0.3) is 10.8 Å². The van der Waals surface area contributed by atoms with Crippen molar-refractivity contribution in [1.82, 2.24) is 14.9 Å². The molecule has 0 saturated heterocycles. The van der Waals surface area contributed by atoms with E-state index in [4.69, 9.17) is 5.73 Å². The zero-order valence-electron chi connectivity index (χ0n) is 23.8. The molecule has 0 aromatic heterocycles. The van der Waals surface area contributed by atoms with Crippen molar-refractivity contribution in [3.05, 3.63) is 72.3 Å². The maximum Gasteiger partial charge on any atom is 0.243 e. The Hall–Kier alpha value is -2.98. The van der Waals surface area contributed by atoms with E-state index in [-0.39, 0.29) is 29.4 Å². The van der Waals surface area contributed by atoms with Crippen LogP contribution in [-0.2, 0) is 21.2 Å². The Morgan fingerprint density at radius 1 is 1.00 bits per heavy atom. The molecule has 0 spiro atoms. The summed E-state index contributed by atoms with van der Waals surface area (Å²) in [5.41, 5.74) is 7.32. The van der Waals surface area contributed by atoms with Gasteiger partial charge in [0, 0.05) is 24.8 Å². The number of fused-ring (bicyclic) bond motifs is 1. The van der Waals surface area contributed by atoms with Crippen LogP contribution in [0.1, 0.15) is 45.6 Å². The fraction of sp³-hybridized carbons (Fsp3) is 0.452. The van der Waals surface area contributed by atoms with Crippen molar-refractivity contribution in [2.45, 2.75) is 63.4 Å². The van der Waals surface area contributed by atoms with Gasteiger partial charge in [-0.2, -0.15) is 4.31 Å². The third-order valence-corrected chi connectivity index (χ3v) is 8.87. The van der Waals surface area contributed by atoms with Crippen molar-refractivity contribution < 1.29 is 18.3 Å². The normalized spacial score (nSPS) is 13.6. The molecule has 2 atom stereocenters. The number of nitrogens with zero attached hydrogens (tertiary/aromatic N) is 1. The monoisotopic (exact) mass is 568 g/mol. The Kier molecular flexibility index (Phi) is 11.9. The minimum atomic E-state index is -3.80. The molecule has 218 valence electrons. The molecule has 0 bridgehead atoms. The van der Waals surface area contributed by atoms with Gasteiger partial charge in [0.15, 0.2) is 0 Å². The van der Waals surface area contributed by atoms with E-state index in [0.717, 1.165) is 10.9 Å². The van der Waals surface area contributed by atoms with Gasteiger partial charge in [-0.3, -0.25) is 4.79 Å². The molecule has 0 heterocycles. The van der Waals surface area contributed by atoms with Gasteiger partial charge in [0.05, 0.1) is 17.5 Å². The van der Waals surface area contributed by atoms with Crippen LogP contribution in [0.5, 0.6) is 0 Å². The summed E-state index contributed by atoms with van der Waals surface area (Å²) in [6.07, 6.45) is 2.41. The van der Waals surface area contributed by atoms with Crippen LogP contribution >= 0.6 is 0 Å². The highest BCUT2D eigenvalue weighted by Gasteiger charge is 2.31. The van der Waals surface area contributed by atoms with Crippen molar-refractivity contribution in [1.29, 1.82) is 0 Å². The van der Waals surface area contributed by atoms with Crippen LogP contribution in [-0.4, -0.2) is 62.1 Å². The highest BCUT2D eigenvalue weighted by atomic mass is 32.2.